The lowest BCUT2D eigenvalue weighted by Gasteiger charge is -2.21. The summed E-state index contributed by atoms with van der Waals surface area (Å²) in [5.41, 5.74) is 7.73. The van der Waals surface area contributed by atoms with Crippen LogP contribution in [0.1, 0.15) is 18.1 Å². The van der Waals surface area contributed by atoms with Crippen molar-refractivity contribution in [2.24, 2.45) is 0 Å². The maximum absolute atomic E-state index is 6.37. The Bertz CT molecular complexity index is 973. The van der Waals surface area contributed by atoms with Crippen LogP contribution in [-0.4, -0.2) is 9.55 Å². The van der Waals surface area contributed by atoms with Crippen molar-refractivity contribution in [1.29, 1.82) is 0 Å². The summed E-state index contributed by atoms with van der Waals surface area (Å²) in [6, 6.07) is 22.4. The molecule has 0 aliphatic carbocycles. The number of nitrogen functional groups attached to an aromatic ring is 1. The highest BCUT2D eigenvalue weighted by Gasteiger charge is 2.16. The Balaban J connectivity index is 1.67. The molecule has 1 aromatic heterocycles. The number of hydrogen-bond donors (Lipinski definition) is 1. The van der Waals surface area contributed by atoms with Gasteiger partial charge in [0.05, 0.1) is 6.33 Å². The van der Waals surface area contributed by atoms with Crippen LogP contribution in [0.4, 0.5) is 5.69 Å². The molecule has 4 aromatic rings. The Morgan fingerprint density at radius 3 is 2.58 bits per heavy atom. The van der Waals surface area contributed by atoms with Crippen molar-refractivity contribution in [2.75, 3.05) is 5.73 Å². The Hall–Kier alpha value is -3.27. The molecule has 1 unspecified atom stereocenters. The van der Waals surface area contributed by atoms with Crippen LogP contribution in [0.5, 0.6) is 5.75 Å². The van der Waals surface area contributed by atoms with Crippen LogP contribution in [0.25, 0.3) is 10.8 Å². The van der Waals surface area contributed by atoms with Crippen LogP contribution in [0.3, 0.4) is 0 Å². The largest absolute Gasteiger partial charge is 0.486 e. The highest BCUT2D eigenvalue weighted by atomic mass is 16.5. The molecule has 4 rings (SSSR count). The molecule has 0 aliphatic heterocycles. The van der Waals surface area contributed by atoms with Crippen LogP contribution < -0.4 is 10.5 Å². The third-order valence-electron chi connectivity index (χ3n) is 4.54. The standard InChI is InChI=1S/C22H21N3O/c23-18-8-10-19(11-9-18)26-22(12-14-25-15-13-24-16-25)21-7-3-5-17-4-1-2-6-20(17)21/h1-11,13,15-16,22H,12,14,23H2. The van der Waals surface area contributed by atoms with Gasteiger partial charge in [-0.25, -0.2) is 4.98 Å². The third kappa shape index (κ3) is 3.54. The first-order valence-electron chi connectivity index (χ1n) is 8.75. The Morgan fingerprint density at radius 2 is 1.77 bits per heavy atom. The van der Waals surface area contributed by atoms with Crippen molar-refractivity contribution in [2.45, 2.75) is 19.1 Å². The molecule has 0 spiro atoms. The zero-order valence-electron chi connectivity index (χ0n) is 14.5. The van der Waals surface area contributed by atoms with Gasteiger partial charge in [0.15, 0.2) is 0 Å². The number of benzene rings is 3. The predicted molar refractivity (Wildman–Crippen MR) is 105 cm³/mol. The first-order chi connectivity index (χ1) is 12.8. The summed E-state index contributed by atoms with van der Waals surface area (Å²) in [6.45, 7) is 0.836. The number of aryl methyl sites for hydroxylation is 1. The van der Waals surface area contributed by atoms with Crippen molar-refractivity contribution < 1.29 is 4.74 Å². The summed E-state index contributed by atoms with van der Waals surface area (Å²) < 4.78 is 8.45. The maximum Gasteiger partial charge on any atom is 0.126 e. The summed E-state index contributed by atoms with van der Waals surface area (Å²) in [7, 11) is 0. The summed E-state index contributed by atoms with van der Waals surface area (Å²) >= 11 is 0. The predicted octanol–water partition coefficient (Wildman–Crippen LogP) is 4.83. The lowest BCUT2D eigenvalue weighted by molar-refractivity contribution is 0.189. The highest BCUT2D eigenvalue weighted by molar-refractivity contribution is 5.86. The van der Waals surface area contributed by atoms with Gasteiger partial charge >= 0.3 is 0 Å². The van der Waals surface area contributed by atoms with E-state index in [0.717, 1.165) is 24.4 Å². The van der Waals surface area contributed by atoms with Crippen LogP contribution in [0.15, 0.2) is 85.5 Å². The molecule has 0 saturated heterocycles. The Labute approximate surface area is 152 Å². The van der Waals surface area contributed by atoms with E-state index in [9.17, 15) is 0 Å². The molecular formula is C22H21N3O. The number of aromatic nitrogens is 2. The Kier molecular flexibility index (Phi) is 4.56. The van der Waals surface area contributed by atoms with E-state index in [1.807, 2.05) is 36.8 Å². The van der Waals surface area contributed by atoms with Gasteiger partial charge in [-0.05, 0) is 35.0 Å². The van der Waals surface area contributed by atoms with Gasteiger partial charge in [-0.1, -0.05) is 42.5 Å². The maximum atomic E-state index is 6.37. The second-order valence-electron chi connectivity index (χ2n) is 6.33. The summed E-state index contributed by atoms with van der Waals surface area (Å²) in [5.74, 6) is 0.822. The quantitative estimate of drug-likeness (QED) is 0.510. The molecule has 0 aliphatic rings. The van der Waals surface area contributed by atoms with E-state index in [2.05, 4.69) is 52.0 Å². The van der Waals surface area contributed by atoms with Gasteiger partial charge in [0, 0.05) is 36.6 Å². The fourth-order valence-corrected chi connectivity index (χ4v) is 3.21. The minimum Gasteiger partial charge on any atom is -0.486 e. The van der Waals surface area contributed by atoms with Crippen LogP contribution in [0, 0.1) is 0 Å². The number of rotatable bonds is 6. The van der Waals surface area contributed by atoms with Crippen LogP contribution in [-0.2, 0) is 6.54 Å². The molecular weight excluding hydrogens is 322 g/mol. The number of nitrogens with zero attached hydrogens (tertiary/aromatic N) is 2. The van der Waals surface area contributed by atoms with E-state index in [1.54, 1.807) is 6.20 Å². The SMILES string of the molecule is Nc1ccc(OC(CCn2ccnc2)c2cccc3ccccc23)cc1. The van der Waals surface area contributed by atoms with Gasteiger partial charge in [-0.15, -0.1) is 0 Å². The number of anilines is 1. The van der Waals surface area contributed by atoms with Crippen molar-refractivity contribution in [1.82, 2.24) is 9.55 Å². The molecule has 4 heteroatoms. The van der Waals surface area contributed by atoms with E-state index in [1.165, 1.54) is 16.3 Å². The second kappa shape index (κ2) is 7.31. The molecule has 0 fully saturated rings. The molecule has 0 amide bonds. The number of ether oxygens (including phenoxy) is 1. The van der Waals surface area contributed by atoms with Crippen LogP contribution in [0.2, 0.25) is 0 Å². The topological polar surface area (TPSA) is 53.1 Å². The zero-order chi connectivity index (χ0) is 17.8. The van der Waals surface area contributed by atoms with Crippen molar-refractivity contribution in [3.05, 3.63) is 91.0 Å². The average Bonchev–Trinajstić information content (AvgIpc) is 3.20. The van der Waals surface area contributed by atoms with E-state index in [4.69, 9.17) is 10.5 Å². The van der Waals surface area contributed by atoms with Gasteiger partial charge in [0.1, 0.15) is 11.9 Å². The number of imidazole rings is 1. The molecule has 130 valence electrons. The van der Waals surface area contributed by atoms with Crippen molar-refractivity contribution >= 4 is 16.5 Å². The first-order valence-corrected chi connectivity index (χ1v) is 8.75. The lowest BCUT2D eigenvalue weighted by atomic mass is 9.98. The minimum absolute atomic E-state index is 0.0628. The molecule has 1 heterocycles. The summed E-state index contributed by atoms with van der Waals surface area (Å²) in [5, 5.41) is 2.44. The molecule has 26 heavy (non-hydrogen) atoms. The smallest absolute Gasteiger partial charge is 0.126 e. The van der Waals surface area contributed by atoms with E-state index in [-0.39, 0.29) is 6.10 Å². The van der Waals surface area contributed by atoms with Gasteiger partial charge in [0.2, 0.25) is 0 Å². The van der Waals surface area contributed by atoms with Gasteiger partial charge < -0.3 is 15.0 Å². The van der Waals surface area contributed by atoms with E-state index in [0.29, 0.717) is 0 Å². The third-order valence-corrected chi connectivity index (χ3v) is 4.54. The van der Waals surface area contributed by atoms with Gasteiger partial charge in [0.25, 0.3) is 0 Å². The van der Waals surface area contributed by atoms with Crippen LogP contribution >= 0.6 is 0 Å². The summed E-state index contributed by atoms with van der Waals surface area (Å²) in [4.78, 5) is 4.12. The van der Waals surface area contributed by atoms with E-state index < -0.39 is 0 Å². The minimum atomic E-state index is -0.0628. The molecule has 0 bridgehead atoms. The Morgan fingerprint density at radius 1 is 0.962 bits per heavy atom. The molecule has 1 atom stereocenters. The number of nitrogens with two attached hydrogens (primary N) is 1. The highest BCUT2D eigenvalue weighted by Crippen LogP contribution is 2.31. The molecule has 0 radical (unpaired) electrons. The lowest BCUT2D eigenvalue weighted by Crippen LogP contribution is -2.11. The molecule has 4 nitrogen and oxygen atoms in total. The fourth-order valence-electron chi connectivity index (χ4n) is 3.21. The van der Waals surface area contributed by atoms with E-state index >= 15 is 0 Å². The van der Waals surface area contributed by atoms with Crippen molar-refractivity contribution in [3.8, 4) is 5.75 Å². The monoisotopic (exact) mass is 343 g/mol. The number of hydrogen-bond acceptors (Lipinski definition) is 3. The molecule has 3 aromatic carbocycles. The normalized spacial score (nSPS) is 12.2. The zero-order valence-corrected chi connectivity index (χ0v) is 14.5. The van der Waals surface area contributed by atoms with Gasteiger partial charge in [-0.2, -0.15) is 0 Å². The second-order valence-corrected chi connectivity index (χ2v) is 6.33. The molecule has 0 saturated carbocycles. The molecule has 2 N–H and O–H groups in total. The number of fused-ring (bicyclic) bond motifs is 1. The first kappa shape index (κ1) is 16.2. The fraction of sp³-hybridized carbons (Fsp3) is 0.136. The summed E-state index contributed by atoms with van der Waals surface area (Å²) in [6.07, 6.45) is 6.39. The average molecular weight is 343 g/mol. The van der Waals surface area contributed by atoms with Gasteiger partial charge in [-0.3, -0.25) is 0 Å². The van der Waals surface area contributed by atoms with Crippen molar-refractivity contribution in [3.63, 3.8) is 0 Å².